The zero-order valence-corrected chi connectivity index (χ0v) is 14.5. The second-order valence-electron chi connectivity index (χ2n) is 6.72. The minimum absolute atomic E-state index is 0.0602. The van der Waals surface area contributed by atoms with Crippen molar-refractivity contribution in [2.24, 2.45) is 11.3 Å². The fourth-order valence-electron chi connectivity index (χ4n) is 3.55. The number of carbonyl (C=O) groups is 1. The molecule has 0 bridgehead atoms. The second kappa shape index (κ2) is 6.82. The number of rotatable bonds is 5. The monoisotopic (exact) mass is 352 g/mol. The van der Waals surface area contributed by atoms with E-state index >= 15 is 0 Å². The molecular formula is C17H25BrN2O. The molecule has 1 saturated carbocycles. The van der Waals surface area contributed by atoms with E-state index < -0.39 is 0 Å². The van der Waals surface area contributed by atoms with E-state index in [0.717, 1.165) is 11.0 Å². The van der Waals surface area contributed by atoms with E-state index in [1.165, 1.54) is 32.1 Å². The van der Waals surface area contributed by atoms with Gasteiger partial charge in [0, 0.05) is 16.7 Å². The molecule has 3 nitrogen and oxygen atoms in total. The van der Waals surface area contributed by atoms with Gasteiger partial charge < -0.3 is 11.1 Å². The predicted molar refractivity (Wildman–Crippen MR) is 91.2 cm³/mol. The molecule has 1 amide bonds. The molecule has 0 aromatic heterocycles. The summed E-state index contributed by atoms with van der Waals surface area (Å²) in [5.41, 5.74) is 7.30. The largest absolute Gasteiger partial charge is 0.398 e. The van der Waals surface area contributed by atoms with Crippen LogP contribution in [0.25, 0.3) is 0 Å². The van der Waals surface area contributed by atoms with Crippen molar-refractivity contribution in [3.05, 3.63) is 28.2 Å². The Balaban J connectivity index is 2.02. The fraction of sp³-hybridized carbons (Fsp3) is 0.588. The van der Waals surface area contributed by atoms with Crippen molar-refractivity contribution in [1.82, 2.24) is 5.32 Å². The van der Waals surface area contributed by atoms with E-state index in [4.69, 9.17) is 5.73 Å². The molecule has 1 aromatic rings. The van der Waals surface area contributed by atoms with Gasteiger partial charge in [-0.25, -0.2) is 0 Å². The molecular weight excluding hydrogens is 328 g/mol. The van der Waals surface area contributed by atoms with Gasteiger partial charge in [0.2, 0.25) is 0 Å². The highest BCUT2D eigenvalue weighted by atomic mass is 79.9. The molecule has 2 rings (SSSR count). The van der Waals surface area contributed by atoms with Crippen molar-refractivity contribution in [3.8, 4) is 0 Å². The summed E-state index contributed by atoms with van der Waals surface area (Å²) < 4.78 is 0.892. The second-order valence-corrected chi connectivity index (χ2v) is 7.64. The Kier molecular flexibility index (Phi) is 5.31. The van der Waals surface area contributed by atoms with Gasteiger partial charge in [-0.1, -0.05) is 42.6 Å². The van der Waals surface area contributed by atoms with Crippen LogP contribution in [0.3, 0.4) is 0 Å². The zero-order valence-electron chi connectivity index (χ0n) is 12.9. The molecule has 21 heavy (non-hydrogen) atoms. The maximum absolute atomic E-state index is 12.4. The van der Waals surface area contributed by atoms with Crippen LogP contribution in [0.1, 0.15) is 56.3 Å². The smallest absolute Gasteiger partial charge is 0.253 e. The molecule has 0 atom stereocenters. The van der Waals surface area contributed by atoms with Gasteiger partial charge in [-0.05, 0) is 48.8 Å². The van der Waals surface area contributed by atoms with Gasteiger partial charge in [0.25, 0.3) is 5.91 Å². The van der Waals surface area contributed by atoms with Crippen molar-refractivity contribution in [1.29, 1.82) is 0 Å². The minimum Gasteiger partial charge on any atom is -0.398 e. The van der Waals surface area contributed by atoms with Gasteiger partial charge in [0.05, 0.1) is 5.56 Å². The average molecular weight is 353 g/mol. The maximum Gasteiger partial charge on any atom is 0.253 e. The van der Waals surface area contributed by atoms with Gasteiger partial charge in [-0.2, -0.15) is 0 Å². The first-order valence-corrected chi connectivity index (χ1v) is 8.54. The van der Waals surface area contributed by atoms with Gasteiger partial charge in [0.15, 0.2) is 0 Å². The predicted octanol–water partition coefficient (Wildman–Crippen LogP) is 4.37. The molecule has 1 aliphatic rings. The lowest BCUT2D eigenvalue weighted by Gasteiger charge is -2.31. The van der Waals surface area contributed by atoms with E-state index in [9.17, 15) is 4.79 Å². The third-order valence-electron chi connectivity index (χ3n) is 4.39. The first kappa shape index (κ1) is 16.3. The highest BCUT2D eigenvalue weighted by Gasteiger charge is 2.34. The van der Waals surface area contributed by atoms with Gasteiger partial charge in [0.1, 0.15) is 0 Å². The lowest BCUT2D eigenvalue weighted by molar-refractivity contribution is 0.0922. The Hall–Kier alpha value is -1.03. The topological polar surface area (TPSA) is 55.1 Å². The van der Waals surface area contributed by atoms with E-state index in [-0.39, 0.29) is 11.3 Å². The summed E-state index contributed by atoms with van der Waals surface area (Å²) in [6.07, 6.45) is 6.19. The highest BCUT2D eigenvalue weighted by Crippen LogP contribution is 2.42. The Morgan fingerprint density at radius 2 is 2.05 bits per heavy atom. The number of benzene rings is 1. The van der Waals surface area contributed by atoms with E-state index in [0.29, 0.717) is 17.2 Å². The minimum atomic E-state index is -0.0602. The fourth-order valence-corrected chi connectivity index (χ4v) is 3.93. The molecule has 0 spiro atoms. The summed E-state index contributed by atoms with van der Waals surface area (Å²) in [7, 11) is 0. The molecule has 4 heteroatoms. The van der Waals surface area contributed by atoms with Crippen LogP contribution in [0.5, 0.6) is 0 Å². The summed E-state index contributed by atoms with van der Waals surface area (Å²) in [5.74, 6) is 0.604. The van der Waals surface area contributed by atoms with E-state index in [2.05, 4.69) is 35.1 Å². The van der Waals surface area contributed by atoms with Crippen molar-refractivity contribution in [2.75, 3.05) is 12.3 Å². The van der Waals surface area contributed by atoms with Crippen LogP contribution in [0.4, 0.5) is 5.69 Å². The third-order valence-corrected chi connectivity index (χ3v) is 4.88. The number of hydrogen-bond acceptors (Lipinski definition) is 2. The first-order chi connectivity index (χ1) is 9.92. The molecule has 0 radical (unpaired) electrons. The molecule has 1 aromatic carbocycles. The van der Waals surface area contributed by atoms with Gasteiger partial charge in [-0.15, -0.1) is 0 Å². The van der Waals surface area contributed by atoms with E-state index in [1.54, 1.807) is 12.1 Å². The zero-order chi connectivity index (χ0) is 15.5. The quantitative estimate of drug-likeness (QED) is 0.773. The molecule has 3 N–H and O–H groups in total. The summed E-state index contributed by atoms with van der Waals surface area (Å²) >= 11 is 3.36. The number of carbonyl (C=O) groups excluding carboxylic acids is 1. The van der Waals surface area contributed by atoms with Gasteiger partial charge in [-0.3, -0.25) is 4.79 Å². The molecule has 0 aliphatic heterocycles. The number of nitrogens with one attached hydrogen (secondary N) is 1. The number of amides is 1. The standard InChI is InChI=1S/C17H25BrN2O/c1-12(2)10-17(7-3-4-8-17)11-20-16(21)14-6-5-13(18)9-15(14)19/h5-6,9,12H,3-4,7-8,10-11,19H2,1-2H3,(H,20,21). The number of hydrogen-bond donors (Lipinski definition) is 2. The first-order valence-electron chi connectivity index (χ1n) is 7.75. The number of nitrogen functional groups attached to an aromatic ring is 1. The summed E-state index contributed by atoms with van der Waals surface area (Å²) in [4.78, 5) is 12.4. The normalized spacial score (nSPS) is 17.1. The Labute approximate surface area is 135 Å². The maximum atomic E-state index is 12.4. The lowest BCUT2D eigenvalue weighted by Crippen LogP contribution is -2.37. The van der Waals surface area contributed by atoms with Crippen molar-refractivity contribution >= 4 is 27.5 Å². The highest BCUT2D eigenvalue weighted by molar-refractivity contribution is 9.10. The van der Waals surface area contributed by atoms with Crippen LogP contribution in [-0.2, 0) is 0 Å². The van der Waals surface area contributed by atoms with Crippen LogP contribution < -0.4 is 11.1 Å². The van der Waals surface area contributed by atoms with Crippen molar-refractivity contribution in [2.45, 2.75) is 46.0 Å². The van der Waals surface area contributed by atoms with Crippen LogP contribution >= 0.6 is 15.9 Å². The Morgan fingerprint density at radius 3 is 2.62 bits per heavy atom. The molecule has 1 aliphatic carbocycles. The number of nitrogens with two attached hydrogens (primary N) is 1. The van der Waals surface area contributed by atoms with Crippen LogP contribution in [0.15, 0.2) is 22.7 Å². The SMILES string of the molecule is CC(C)CC1(CNC(=O)c2ccc(Br)cc2N)CCCC1. The van der Waals surface area contributed by atoms with Crippen LogP contribution in [0, 0.1) is 11.3 Å². The average Bonchev–Trinajstić information content (AvgIpc) is 2.84. The molecule has 116 valence electrons. The Morgan fingerprint density at radius 1 is 1.38 bits per heavy atom. The number of halogens is 1. The van der Waals surface area contributed by atoms with Crippen molar-refractivity contribution in [3.63, 3.8) is 0 Å². The molecule has 0 unspecified atom stereocenters. The summed E-state index contributed by atoms with van der Waals surface area (Å²) in [6.45, 7) is 5.28. The summed E-state index contributed by atoms with van der Waals surface area (Å²) in [6, 6.07) is 5.40. The van der Waals surface area contributed by atoms with Gasteiger partial charge >= 0.3 is 0 Å². The summed E-state index contributed by atoms with van der Waals surface area (Å²) in [5, 5.41) is 3.11. The molecule has 1 fully saturated rings. The van der Waals surface area contributed by atoms with Crippen molar-refractivity contribution < 1.29 is 4.79 Å². The third kappa shape index (κ3) is 4.22. The van der Waals surface area contributed by atoms with E-state index in [1.807, 2.05) is 6.07 Å². The van der Waals surface area contributed by atoms with Crippen LogP contribution in [-0.4, -0.2) is 12.5 Å². The Bertz CT molecular complexity index is 508. The molecule has 0 saturated heterocycles. The van der Waals surface area contributed by atoms with Crippen LogP contribution in [0.2, 0.25) is 0 Å². The lowest BCUT2D eigenvalue weighted by atomic mass is 9.78. The molecule has 0 heterocycles. The number of anilines is 1.